The maximum atomic E-state index is 6.32. The van der Waals surface area contributed by atoms with Gasteiger partial charge in [0.1, 0.15) is 0 Å². The van der Waals surface area contributed by atoms with Gasteiger partial charge in [0, 0.05) is 12.1 Å². The van der Waals surface area contributed by atoms with Crippen LogP contribution in [0.5, 0.6) is 0 Å². The molecular formula is C14H26N2. The molecule has 6 atom stereocenters. The van der Waals surface area contributed by atoms with Gasteiger partial charge in [-0.05, 0) is 62.3 Å². The zero-order valence-electron chi connectivity index (χ0n) is 10.5. The van der Waals surface area contributed by atoms with Crippen molar-refractivity contribution in [3.63, 3.8) is 0 Å². The van der Waals surface area contributed by atoms with E-state index in [-0.39, 0.29) is 0 Å². The number of fused-ring (bicyclic) bond motifs is 2. The molecule has 0 spiro atoms. The van der Waals surface area contributed by atoms with Crippen molar-refractivity contribution in [3.8, 4) is 0 Å². The Morgan fingerprint density at radius 3 is 2.69 bits per heavy atom. The highest BCUT2D eigenvalue weighted by Gasteiger charge is 2.46. The molecule has 3 N–H and O–H groups in total. The molecule has 2 bridgehead atoms. The van der Waals surface area contributed by atoms with Gasteiger partial charge < -0.3 is 11.1 Å². The van der Waals surface area contributed by atoms with Crippen molar-refractivity contribution in [2.45, 2.75) is 57.5 Å². The summed E-state index contributed by atoms with van der Waals surface area (Å²) in [6, 6.07) is 1.35. The highest BCUT2D eigenvalue weighted by molar-refractivity contribution is 5.01. The van der Waals surface area contributed by atoms with E-state index in [1.807, 2.05) is 0 Å². The van der Waals surface area contributed by atoms with E-state index in [0.29, 0.717) is 6.04 Å². The average molecular weight is 222 g/mol. The van der Waals surface area contributed by atoms with Crippen LogP contribution >= 0.6 is 0 Å². The van der Waals surface area contributed by atoms with Crippen molar-refractivity contribution in [2.24, 2.45) is 29.4 Å². The monoisotopic (exact) mass is 222 g/mol. The Morgan fingerprint density at radius 1 is 1.19 bits per heavy atom. The van der Waals surface area contributed by atoms with Crippen LogP contribution in [-0.4, -0.2) is 18.6 Å². The molecule has 3 rings (SSSR count). The largest absolute Gasteiger partial charge is 0.327 e. The Bertz CT molecular complexity index is 251. The van der Waals surface area contributed by atoms with Crippen LogP contribution in [0.2, 0.25) is 0 Å². The zero-order chi connectivity index (χ0) is 11.1. The predicted octanol–water partition coefficient (Wildman–Crippen LogP) is 2.14. The molecular weight excluding hydrogens is 196 g/mol. The maximum absolute atomic E-state index is 6.32. The lowest BCUT2D eigenvalue weighted by Crippen LogP contribution is -2.42. The zero-order valence-corrected chi connectivity index (χ0v) is 10.5. The van der Waals surface area contributed by atoms with E-state index in [1.54, 1.807) is 0 Å². The van der Waals surface area contributed by atoms with Gasteiger partial charge in [0.05, 0.1) is 0 Å². The van der Waals surface area contributed by atoms with E-state index >= 15 is 0 Å². The molecule has 3 saturated carbocycles. The second-order valence-corrected chi connectivity index (χ2v) is 6.37. The van der Waals surface area contributed by atoms with Crippen molar-refractivity contribution >= 4 is 0 Å². The molecule has 0 aliphatic heterocycles. The van der Waals surface area contributed by atoms with E-state index in [2.05, 4.69) is 12.2 Å². The van der Waals surface area contributed by atoms with Gasteiger partial charge in [-0.1, -0.05) is 13.3 Å². The van der Waals surface area contributed by atoms with E-state index < -0.39 is 0 Å². The van der Waals surface area contributed by atoms with Gasteiger partial charge in [-0.3, -0.25) is 0 Å². The predicted molar refractivity (Wildman–Crippen MR) is 67.1 cm³/mol. The first-order chi connectivity index (χ1) is 7.79. The van der Waals surface area contributed by atoms with Gasteiger partial charge in [0.15, 0.2) is 0 Å². The lowest BCUT2D eigenvalue weighted by atomic mass is 9.85. The second-order valence-electron chi connectivity index (χ2n) is 6.37. The summed E-state index contributed by atoms with van der Waals surface area (Å²) < 4.78 is 0. The van der Waals surface area contributed by atoms with Gasteiger partial charge >= 0.3 is 0 Å². The van der Waals surface area contributed by atoms with Crippen LogP contribution in [0.4, 0.5) is 0 Å². The third-order valence-corrected chi connectivity index (χ3v) is 5.36. The molecule has 6 unspecified atom stereocenters. The Kier molecular flexibility index (Phi) is 2.97. The van der Waals surface area contributed by atoms with Gasteiger partial charge in [-0.25, -0.2) is 0 Å². The SMILES string of the molecule is CCCC1CC1NCC1C2CCC(C2)C1N. The van der Waals surface area contributed by atoms with Gasteiger partial charge in [0.2, 0.25) is 0 Å². The van der Waals surface area contributed by atoms with Crippen LogP contribution in [0.1, 0.15) is 45.4 Å². The summed E-state index contributed by atoms with van der Waals surface area (Å²) in [5.74, 6) is 3.60. The minimum Gasteiger partial charge on any atom is -0.327 e. The maximum Gasteiger partial charge on any atom is 0.0110 e. The van der Waals surface area contributed by atoms with Crippen molar-refractivity contribution in [3.05, 3.63) is 0 Å². The van der Waals surface area contributed by atoms with Crippen LogP contribution in [0, 0.1) is 23.7 Å². The number of nitrogens with one attached hydrogen (secondary N) is 1. The summed E-state index contributed by atoms with van der Waals surface area (Å²) in [5, 5.41) is 3.77. The van der Waals surface area contributed by atoms with Crippen LogP contribution in [0.25, 0.3) is 0 Å². The van der Waals surface area contributed by atoms with Crippen molar-refractivity contribution in [1.29, 1.82) is 0 Å². The van der Waals surface area contributed by atoms with E-state index in [4.69, 9.17) is 5.73 Å². The van der Waals surface area contributed by atoms with Gasteiger partial charge in [0.25, 0.3) is 0 Å². The minimum atomic E-state index is 0.509. The molecule has 0 aromatic heterocycles. The van der Waals surface area contributed by atoms with Crippen LogP contribution < -0.4 is 11.1 Å². The molecule has 0 aromatic rings. The molecule has 0 heterocycles. The average Bonchev–Trinajstić information content (AvgIpc) is 2.74. The van der Waals surface area contributed by atoms with E-state index in [1.165, 1.54) is 45.1 Å². The smallest absolute Gasteiger partial charge is 0.0110 e. The van der Waals surface area contributed by atoms with Crippen LogP contribution in [0.3, 0.4) is 0 Å². The molecule has 0 aromatic carbocycles. The first kappa shape index (κ1) is 11.0. The molecule has 0 amide bonds. The molecule has 16 heavy (non-hydrogen) atoms. The Hall–Kier alpha value is -0.0800. The quantitative estimate of drug-likeness (QED) is 0.748. The second kappa shape index (κ2) is 4.30. The van der Waals surface area contributed by atoms with Crippen molar-refractivity contribution in [1.82, 2.24) is 5.32 Å². The third kappa shape index (κ3) is 1.91. The topological polar surface area (TPSA) is 38.0 Å². The molecule has 3 fully saturated rings. The number of rotatable bonds is 5. The lowest BCUT2D eigenvalue weighted by molar-refractivity contribution is 0.276. The molecule has 0 saturated heterocycles. The Balaban J connectivity index is 1.43. The summed E-state index contributed by atoms with van der Waals surface area (Å²) >= 11 is 0. The first-order valence-electron chi connectivity index (χ1n) is 7.28. The number of hydrogen-bond donors (Lipinski definition) is 2. The summed E-state index contributed by atoms with van der Waals surface area (Å²) in [7, 11) is 0. The van der Waals surface area contributed by atoms with Gasteiger partial charge in [-0.2, -0.15) is 0 Å². The fourth-order valence-electron chi connectivity index (χ4n) is 4.23. The first-order valence-corrected chi connectivity index (χ1v) is 7.28. The van der Waals surface area contributed by atoms with Crippen molar-refractivity contribution < 1.29 is 0 Å². The molecule has 3 aliphatic carbocycles. The highest BCUT2D eigenvalue weighted by Crippen LogP contribution is 2.47. The molecule has 92 valence electrons. The number of hydrogen-bond acceptors (Lipinski definition) is 2. The van der Waals surface area contributed by atoms with Crippen LogP contribution in [0.15, 0.2) is 0 Å². The lowest BCUT2D eigenvalue weighted by Gasteiger charge is -2.28. The normalized spacial score (nSPS) is 49.9. The molecule has 0 radical (unpaired) electrons. The Labute approximate surface area is 99.4 Å². The summed E-state index contributed by atoms with van der Waals surface area (Å²) in [4.78, 5) is 0. The summed E-state index contributed by atoms with van der Waals surface area (Å²) in [6.45, 7) is 3.49. The molecule has 2 heteroatoms. The fourth-order valence-corrected chi connectivity index (χ4v) is 4.23. The van der Waals surface area contributed by atoms with Crippen molar-refractivity contribution in [2.75, 3.05) is 6.54 Å². The standard InChI is InChI=1S/C14H26N2/c1-2-3-10-7-13(10)16-8-12-9-4-5-11(6-9)14(12)15/h9-14,16H,2-8,15H2,1H3. The third-order valence-electron chi connectivity index (χ3n) is 5.36. The molecule has 3 aliphatic rings. The fraction of sp³-hybridized carbons (Fsp3) is 1.00. The molecule has 2 nitrogen and oxygen atoms in total. The summed E-state index contributed by atoms with van der Waals surface area (Å²) in [5.41, 5.74) is 6.32. The number of nitrogens with two attached hydrogens (primary N) is 1. The summed E-state index contributed by atoms with van der Waals surface area (Å²) in [6.07, 6.45) is 8.47. The highest BCUT2D eigenvalue weighted by atomic mass is 15.0. The minimum absolute atomic E-state index is 0.509. The Morgan fingerprint density at radius 2 is 2.00 bits per heavy atom. The van der Waals surface area contributed by atoms with E-state index in [9.17, 15) is 0 Å². The van der Waals surface area contributed by atoms with Gasteiger partial charge in [-0.15, -0.1) is 0 Å². The van der Waals surface area contributed by atoms with Crippen LogP contribution in [-0.2, 0) is 0 Å². The van der Waals surface area contributed by atoms with E-state index in [0.717, 1.165) is 29.7 Å².